The molecule has 0 aliphatic heterocycles. The van der Waals surface area contributed by atoms with E-state index in [2.05, 4.69) is 0 Å². The number of carbonyl (C=O) groups excluding carboxylic acids is 1. The summed E-state index contributed by atoms with van der Waals surface area (Å²) in [5.74, 6) is 0.432. The van der Waals surface area contributed by atoms with Crippen LogP contribution in [0.3, 0.4) is 0 Å². The fourth-order valence-corrected chi connectivity index (χ4v) is 1.17. The van der Waals surface area contributed by atoms with Gasteiger partial charge in [0, 0.05) is 26.6 Å². The van der Waals surface area contributed by atoms with Crippen molar-refractivity contribution in [2.75, 3.05) is 33.4 Å². The molecule has 2 N–H and O–H groups in total. The highest BCUT2D eigenvalue weighted by Crippen LogP contribution is 2.03. The second-order valence-electron chi connectivity index (χ2n) is 3.51. The lowest BCUT2D eigenvalue weighted by Gasteiger charge is -2.21. The Kier molecular flexibility index (Phi) is 7.42. The van der Waals surface area contributed by atoms with E-state index in [1.807, 2.05) is 13.8 Å². The van der Waals surface area contributed by atoms with Gasteiger partial charge in [-0.15, -0.1) is 0 Å². The third kappa shape index (κ3) is 5.19. The molecule has 0 saturated heterocycles. The number of likely N-dealkylation sites (N-methyl/N-ethyl adjacent to an activating group) is 1. The lowest BCUT2D eigenvalue weighted by atomic mass is 10.1. The van der Waals surface area contributed by atoms with Gasteiger partial charge in [-0.2, -0.15) is 0 Å². The molecule has 0 radical (unpaired) electrons. The average Bonchev–Trinajstić information content (AvgIpc) is 2.18. The molecule has 4 nitrogen and oxygen atoms in total. The van der Waals surface area contributed by atoms with E-state index in [1.165, 1.54) is 0 Å². The van der Waals surface area contributed by atoms with E-state index in [1.54, 1.807) is 12.0 Å². The van der Waals surface area contributed by atoms with Gasteiger partial charge in [0.25, 0.3) is 0 Å². The van der Waals surface area contributed by atoms with Crippen molar-refractivity contribution < 1.29 is 9.53 Å². The van der Waals surface area contributed by atoms with E-state index >= 15 is 0 Å². The van der Waals surface area contributed by atoms with Crippen molar-refractivity contribution in [1.29, 1.82) is 0 Å². The molecular formula is C10H22N2O2. The third-order valence-electron chi connectivity index (χ3n) is 2.23. The fraction of sp³-hybridized carbons (Fsp3) is 0.900. The molecule has 1 unspecified atom stereocenters. The van der Waals surface area contributed by atoms with Crippen LogP contribution in [0.15, 0.2) is 0 Å². The molecule has 0 rings (SSSR count). The Morgan fingerprint density at radius 3 is 2.64 bits per heavy atom. The number of ether oxygens (including phenoxy) is 1. The minimum absolute atomic E-state index is 0.169. The standard InChI is InChI=1S/C10H22N2O2/c1-4-12(5-6-14-3)10(13)7-9(2)8-11/h9H,4-8,11H2,1-3H3. The van der Waals surface area contributed by atoms with Crippen LogP contribution in [-0.2, 0) is 9.53 Å². The third-order valence-corrected chi connectivity index (χ3v) is 2.23. The van der Waals surface area contributed by atoms with Gasteiger partial charge in [0.15, 0.2) is 0 Å². The van der Waals surface area contributed by atoms with Crippen LogP contribution in [0.5, 0.6) is 0 Å². The predicted molar refractivity (Wildman–Crippen MR) is 57.0 cm³/mol. The molecule has 0 heterocycles. The first kappa shape index (κ1) is 13.4. The van der Waals surface area contributed by atoms with Crippen molar-refractivity contribution in [3.05, 3.63) is 0 Å². The van der Waals surface area contributed by atoms with E-state index in [-0.39, 0.29) is 11.8 Å². The van der Waals surface area contributed by atoms with Crippen molar-refractivity contribution in [2.45, 2.75) is 20.3 Å². The summed E-state index contributed by atoms with van der Waals surface area (Å²) >= 11 is 0. The van der Waals surface area contributed by atoms with Crippen LogP contribution in [-0.4, -0.2) is 44.2 Å². The van der Waals surface area contributed by atoms with Crippen molar-refractivity contribution in [3.63, 3.8) is 0 Å². The zero-order chi connectivity index (χ0) is 11.0. The fourth-order valence-electron chi connectivity index (χ4n) is 1.17. The number of carbonyl (C=O) groups is 1. The van der Waals surface area contributed by atoms with Gasteiger partial charge < -0.3 is 15.4 Å². The van der Waals surface area contributed by atoms with E-state index in [0.717, 1.165) is 6.54 Å². The Balaban J connectivity index is 3.90. The largest absolute Gasteiger partial charge is 0.383 e. The first-order valence-corrected chi connectivity index (χ1v) is 5.12. The second kappa shape index (κ2) is 7.76. The smallest absolute Gasteiger partial charge is 0.222 e. The summed E-state index contributed by atoms with van der Waals surface area (Å²) in [6, 6.07) is 0. The zero-order valence-corrected chi connectivity index (χ0v) is 9.45. The van der Waals surface area contributed by atoms with Crippen molar-refractivity contribution in [3.8, 4) is 0 Å². The van der Waals surface area contributed by atoms with Gasteiger partial charge in [0.2, 0.25) is 5.91 Å². The highest BCUT2D eigenvalue weighted by atomic mass is 16.5. The molecule has 0 spiro atoms. The van der Waals surface area contributed by atoms with Gasteiger partial charge in [-0.25, -0.2) is 0 Å². The molecule has 1 amide bonds. The number of rotatable bonds is 7. The number of nitrogens with zero attached hydrogens (tertiary/aromatic N) is 1. The maximum absolute atomic E-state index is 11.7. The van der Waals surface area contributed by atoms with Crippen molar-refractivity contribution in [2.24, 2.45) is 11.7 Å². The number of hydrogen-bond acceptors (Lipinski definition) is 3. The molecular weight excluding hydrogens is 180 g/mol. The SMILES string of the molecule is CCN(CCOC)C(=O)CC(C)CN. The molecule has 0 saturated carbocycles. The molecule has 0 bridgehead atoms. The maximum atomic E-state index is 11.7. The van der Waals surface area contributed by atoms with E-state index in [4.69, 9.17) is 10.5 Å². The molecule has 0 aliphatic rings. The molecule has 14 heavy (non-hydrogen) atoms. The van der Waals surface area contributed by atoms with E-state index in [0.29, 0.717) is 26.1 Å². The van der Waals surface area contributed by atoms with Gasteiger partial charge in [-0.05, 0) is 19.4 Å². The first-order valence-electron chi connectivity index (χ1n) is 5.12. The van der Waals surface area contributed by atoms with Crippen LogP contribution in [0.25, 0.3) is 0 Å². The minimum atomic E-state index is 0.169. The topological polar surface area (TPSA) is 55.6 Å². The van der Waals surface area contributed by atoms with Gasteiger partial charge >= 0.3 is 0 Å². The van der Waals surface area contributed by atoms with Crippen LogP contribution in [0.2, 0.25) is 0 Å². The van der Waals surface area contributed by atoms with Crippen LogP contribution in [0.4, 0.5) is 0 Å². The summed E-state index contributed by atoms with van der Waals surface area (Å²) in [7, 11) is 1.64. The normalized spacial score (nSPS) is 12.6. The second-order valence-corrected chi connectivity index (χ2v) is 3.51. The summed E-state index contributed by atoms with van der Waals surface area (Å²) in [5, 5.41) is 0. The number of amides is 1. The maximum Gasteiger partial charge on any atom is 0.222 e. The Hall–Kier alpha value is -0.610. The van der Waals surface area contributed by atoms with Crippen molar-refractivity contribution >= 4 is 5.91 Å². The van der Waals surface area contributed by atoms with Crippen LogP contribution >= 0.6 is 0 Å². The van der Waals surface area contributed by atoms with E-state index in [9.17, 15) is 4.79 Å². The van der Waals surface area contributed by atoms with Gasteiger partial charge in [-0.3, -0.25) is 4.79 Å². The zero-order valence-electron chi connectivity index (χ0n) is 9.45. The molecule has 0 aromatic carbocycles. The highest BCUT2D eigenvalue weighted by Gasteiger charge is 2.13. The first-order chi connectivity index (χ1) is 6.65. The quantitative estimate of drug-likeness (QED) is 0.653. The number of nitrogens with two attached hydrogens (primary N) is 1. The van der Waals surface area contributed by atoms with Gasteiger partial charge in [-0.1, -0.05) is 6.92 Å². The Labute approximate surface area is 86.4 Å². The lowest BCUT2D eigenvalue weighted by molar-refractivity contribution is -0.132. The Morgan fingerprint density at radius 1 is 1.57 bits per heavy atom. The Bertz CT molecular complexity index is 162. The average molecular weight is 202 g/mol. The summed E-state index contributed by atoms with van der Waals surface area (Å²) in [5.41, 5.74) is 5.47. The summed E-state index contributed by atoms with van der Waals surface area (Å²) in [6.07, 6.45) is 0.536. The number of methoxy groups -OCH3 is 1. The predicted octanol–water partition coefficient (Wildman–Crippen LogP) is 0.466. The summed E-state index contributed by atoms with van der Waals surface area (Å²) in [6.45, 7) is 6.52. The van der Waals surface area contributed by atoms with Gasteiger partial charge in [0.1, 0.15) is 0 Å². The molecule has 0 aromatic heterocycles. The monoisotopic (exact) mass is 202 g/mol. The minimum Gasteiger partial charge on any atom is -0.383 e. The van der Waals surface area contributed by atoms with Crippen LogP contribution in [0, 0.1) is 5.92 Å². The molecule has 84 valence electrons. The Morgan fingerprint density at radius 2 is 2.21 bits per heavy atom. The molecule has 0 fully saturated rings. The van der Waals surface area contributed by atoms with Crippen LogP contribution in [0.1, 0.15) is 20.3 Å². The molecule has 0 aliphatic carbocycles. The summed E-state index contributed by atoms with van der Waals surface area (Å²) < 4.78 is 4.94. The molecule has 1 atom stereocenters. The molecule has 4 heteroatoms. The highest BCUT2D eigenvalue weighted by molar-refractivity contribution is 5.76. The van der Waals surface area contributed by atoms with Crippen molar-refractivity contribution in [1.82, 2.24) is 4.90 Å². The molecule has 0 aromatic rings. The number of hydrogen-bond donors (Lipinski definition) is 1. The van der Waals surface area contributed by atoms with Crippen LogP contribution < -0.4 is 5.73 Å². The summed E-state index contributed by atoms with van der Waals surface area (Å²) in [4.78, 5) is 13.5. The van der Waals surface area contributed by atoms with Gasteiger partial charge in [0.05, 0.1) is 6.61 Å². The van der Waals surface area contributed by atoms with E-state index < -0.39 is 0 Å². The lowest BCUT2D eigenvalue weighted by Crippen LogP contribution is -2.35.